The van der Waals surface area contributed by atoms with Gasteiger partial charge >= 0.3 is 0 Å². The minimum absolute atomic E-state index is 0.158. The van der Waals surface area contributed by atoms with Gasteiger partial charge in [0, 0.05) is 17.8 Å². The van der Waals surface area contributed by atoms with Crippen molar-refractivity contribution < 1.29 is 13.9 Å². The van der Waals surface area contributed by atoms with Crippen LogP contribution in [0.4, 0.5) is 0 Å². The highest BCUT2D eigenvalue weighted by molar-refractivity contribution is 5.91. The fraction of sp³-hybridized carbons (Fsp3) is 0.333. The van der Waals surface area contributed by atoms with Crippen LogP contribution in [-0.2, 0) is 13.2 Å². The van der Waals surface area contributed by atoms with Crippen LogP contribution in [-0.4, -0.2) is 15.7 Å². The number of carbonyl (C=O) groups excluding carboxylic acids is 1. The number of hydrogen-bond donors (Lipinski definition) is 1. The van der Waals surface area contributed by atoms with Crippen LogP contribution in [0, 0.1) is 13.8 Å². The molecule has 1 amide bonds. The van der Waals surface area contributed by atoms with Crippen LogP contribution in [0.1, 0.15) is 53.0 Å². The molecule has 2 aromatic heterocycles. The van der Waals surface area contributed by atoms with Gasteiger partial charge in [0.25, 0.3) is 5.91 Å². The van der Waals surface area contributed by atoms with Crippen molar-refractivity contribution in [1.82, 2.24) is 15.1 Å². The van der Waals surface area contributed by atoms with Crippen molar-refractivity contribution in [3.8, 4) is 5.75 Å². The highest BCUT2D eigenvalue weighted by Crippen LogP contribution is 2.19. The minimum atomic E-state index is -0.257. The van der Waals surface area contributed by atoms with Crippen molar-refractivity contribution in [3.05, 3.63) is 70.9 Å². The standard InChI is InChI=1S/C21H25N3O3/c1-5-24-16(4)19(12-22-24)15(3)23-21(25)20-10-9-18(27-20)13-26-17-8-6-7-14(2)11-17/h6-12,15H,5,13H2,1-4H3,(H,23,25). The lowest BCUT2D eigenvalue weighted by molar-refractivity contribution is 0.0907. The van der Waals surface area contributed by atoms with Crippen LogP contribution >= 0.6 is 0 Å². The number of benzene rings is 1. The number of aryl methyl sites for hydroxylation is 2. The lowest BCUT2D eigenvalue weighted by atomic mass is 10.1. The first kappa shape index (κ1) is 18.8. The summed E-state index contributed by atoms with van der Waals surface area (Å²) in [5.41, 5.74) is 3.18. The number of carbonyl (C=O) groups is 1. The quantitative estimate of drug-likeness (QED) is 0.680. The maximum atomic E-state index is 12.5. The first-order valence-corrected chi connectivity index (χ1v) is 9.09. The number of amides is 1. The smallest absolute Gasteiger partial charge is 0.287 e. The highest BCUT2D eigenvalue weighted by Gasteiger charge is 2.18. The molecule has 6 nitrogen and oxygen atoms in total. The van der Waals surface area contributed by atoms with E-state index in [-0.39, 0.29) is 24.3 Å². The second-order valence-corrected chi connectivity index (χ2v) is 6.57. The van der Waals surface area contributed by atoms with Crippen LogP contribution in [0.5, 0.6) is 5.75 Å². The average Bonchev–Trinajstić information content (AvgIpc) is 3.26. The van der Waals surface area contributed by atoms with Gasteiger partial charge in [0.05, 0.1) is 12.2 Å². The van der Waals surface area contributed by atoms with Crippen molar-refractivity contribution in [2.75, 3.05) is 0 Å². The second kappa shape index (κ2) is 8.12. The third-order valence-electron chi connectivity index (χ3n) is 4.51. The third kappa shape index (κ3) is 4.39. The molecule has 0 fully saturated rings. The maximum absolute atomic E-state index is 12.5. The summed E-state index contributed by atoms with van der Waals surface area (Å²) < 4.78 is 13.3. The van der Waals surface area contributed by atoms with E-state index >= 15 is 0 Å². The number of nitrogens with one attached hydrogen (secondary N) is 1. The molecule has 0 saturated carbocycles. The summed E-state index contributed by atoms with van der Waals surface area (Å²) in [4.78, 5) is 12.5. The summed E-state index contributed by atoms with van der Waals surface area (Å²) in [5.74, 6) is 1.39. The van der Waals surface area contributed by atoms with Gasteiger partial charge < -0.3 is 14.5 Å². The Kier molecular flexibility index (Phi) is 5.64. The normalized spacial score (nSPS) is 12.0. The Bertz CT molecular complexity index is 926. The molecule has 1 atom stereocenters. The van der Waals surface area contributed by atoms with Gasteiger partial charge in [-0.2, -0.15) is 5.10 Å². The zero-order valence-corrected chi connectivity index (χ0v) is 16.2. The zero-order valence-electron chi connectivity index (χ0n) is 16.2. The first-order chi connectivity index (χ1) is 13.0. The molecule has 0 radical (unpaired) electrons. The predicted octanol–water partition coefficient (Wildman–Crippen LogP) is 4.18. The number of rotatable bonds is 7. The van der Waals surface area contributed by atoms with Gasteiger partial charge in [0.1, 0.15) is 18.1 Å². The molecular formula is C21H25N3O3. The summed E-state index contributed by atoms with van der Waals surface area (Å²) in [6.45, 7) is 9.06. The summed E-state index contributed by atoms with van der Waals surface area (Å²) >= 11 is 0. The van der Waals surface area contributed by atoms with Gasteiger partial charge in [0.15, 0.2) is 5.76 Å². The summed E-state index contributed by atoms with van der Waals surface area (Å²) in [6.07, 6.45) is 1.80. The van der Waals surface area contributed by atoms with Gasteiger partial charge in [-0.3, -0.25) is 9.48 Å². The molecule has 3 aromatic rings. The monoisotopic (exact) mass is 367 g/mol. The van der Waals surface area contributed by atoms with Crippen LogP contribution < -0.4 is 10.1 Å². The number of aromatic nitrogens is 2. The third-order valence-corrected chi connectivity index (χ3v) is 4.51. The molecule has 0 aliphatic carbocycles. The fourth-order valence-corrected chi connectivity index (χ4v) is 2.99. The molecule has 0 saturated heterocycles. The van der Waals surface area contributed by atoms with E-state index in [1.54, 1.807) is 18.3 Å². The Morgan fingerprint density at radius 2 is 2.11 bits per heavy atom. The molecule has 0 aliphatic rings. The van der Waals surface area contributed by atoms with E-state index in [0.717, 1.165) is 29.1 Å². The molecular weight excluding hydrogens is 342 g/mol. The average molecular weight is 367 g/mol. The maximum Gasteiger partial charge on any atom is 0.287 e. The van der Waals surface area contributed by atoms with Crippen LogP contribution in [0.3, 0.4) is 0 Å². The Balaban J connectivity index is 1.60. The number of hydrogen-bond acceptors (Lipinski definition) is 4. The number of ether oxygens (including phenoxy) is 1. The van der Waals surface area contributed by atoms with Gasteiger partial charge in [-0.25, -0.2) is 0 Å². The van der Waals surface area contributed by atoms with Gasteiger partial charge in [-0.15, -0.1) is 0 Å². The van der Waals surface area contributed by atoms with Crippen molar-refractivity contribution in [2.24, 2.45) is 0 Å². The molecule has 6 heteroatoms. The largest absolute Gasteiger partial charge is 0.486 e. The molecule has 142 valence electrons. The van der Waals surface area contributed by atoms with E-state index < -0.39 is 0 Å². The molecule has 2 heterocycles. The molecule has 0 bridgehead atoms. The highest BCUT2D eigenvalue weighted by atomic mass is 16.5. The lowest BCUT2D eigenvalue weighted by Gasteiger charge is -2.13. The lowest BCUT2D eigenvalue weighted by Crippen LogP contribution is -2.26. The molecule has 1 N–H and O–H groups in total. The fourth-order valence-electron chi connectivity index (χ4n) is 2.99. The van der Waals surface area contributed by atoms with E-state index in [2.05, 4.69) is 10.4 Å². The van der Waals surface area contributed by atoms with Crippen LogP contribution in [0.2, 0.25) is 0 Å². The van der Waals surface area contributed by atoms with Crippen LogP contribution in [0.25, 0.3) is 0 Å². The molecule has 27 heavy (non-hydrogen) atoms. The Morgan fingerprint density at radius 3 is 2.81 bits per heavy atom. The Hall–Kier alpha value is -3.02. The summed E-state index contributed by atoms with van der Waals surface area (Å²) in [7, 11) is 0. The van der Waals surface area contributed by atoms with Crippen molar-refractivity contribution in [2.45, 2.75) is 46.9 Å². The number of nitrogens with zero attached hydrogens (tertiary/aromatic N) is 2. The minimum Gasteiger partial charge on any atom is -0.486 e. The zero-order chi connectivity index (χ0) is 19.4. The SMILES string of the molecule is CCn1ncc(C(C)NC(=O)c2ccc(COc3cccc(C)c3)o2)c1C. The van der Waals surface area contributed by atoms with E-state index in [1.807, 2.05) is 56.6 Å². The molecule has 1 aromatic carbocycles. The van der Waals surface area contributed by atoms with Crippen molar-refractivity contribution >= 4 is 5.91 Å². The first-order valence-electron chi connectivity index (χ1n) is 9.09. The molecule has 3 rings (SSSR count). The van der Waals surface area contributed by atoms with Crippen molar-refractivity contribution in [3.63, 3.8) is 0 Å². The molecule has 0 spiro atoms. The van der Waals surface area contributed by atoms with Crippen molar-refractivity contribution in [1.29, 1.82) is 0 Å². The molecule has 1 unspecified atom stereocenters. The van der Waals surface area contributed by atoms with Gasteiger partial charge in [-0.1, -0.05) is 12.1 Å². The second-order valence-electron chi connectivity index (χ2n) is 6.57. The van der Waals surface area contributed by atoms with E-state index in [9.17, 15) is 4.79 Å². The summed E-state index contributed by atoms with van der Waals surface area (Å²) in [6, 6.07) is 11.1. The van der Waals surface area contributed by atoms with Gasteiger partial charge in [-0.05, 0) is 57.5 Å². The summed E-state index contributed by atoms with van der Waals surface area (Å²) in [5, 5.41) is 7.28. The predicted molar refractivity (Wildman–Crippen MR) is 103 cm³/mol. The Morgan fingerprint density at radius 1 is 1.30 bits per heavy atom. The Labute approximate surface area is 159 Å². The van der Waals surface area contributed by atoms with Crippen LogP contribution in [0.15, 0.2) is 47.0 Å². The molecule has 0 aliphatic heterocycles. The van der Waals surface area contributed by atoms with Gasteiger partial charge in [0.2, 0.25) is 0 Å². The number of furan rings is 1. The van der Waals surface area contributed by atoms with E-state index in [4.69, 9.17) is 9.15 Å². The van der Waals surface area contributed by atoms with E-state index in [0.29, 0.717) is 5.76 Å². The topological polar surface area (TPSA) is 69.3 Å². The van der Waals surface area contributed by atoms with E-state index in [1.165, 1.54) is 0 Å².